The second-order valence-corrected chi connectivity index (χ2v) is 7.15. The Bertz CT molecular complexity index is 1040. The molecule has 1 aromatic carbocycles. The van der Waals surface area contributed by atoms with Crippen molar-refractivity contribution >= 4 is 45.5 Å². The molecule has 0 saturated carbocycles. The third kappa shape index (κ3) is 3.61. The maximum absolute atomic E-state index is 12.5. The van der Waals surface area contributed by atoms with Crippen LogP contribution >= 0.6 is 22.9 Å². The molecule has 0 spiro atoms. The van der Waals surface area contributed by atoms with Crippen LogP contribution in [0.2, 0.25) is 4.34 Å². The topological polar surface area (TPSA) is 93.1 Å². The Balaban J connectivity index is 1.89. The van der Waals surface area contributed by atoms with Crippen LogP contribution in [0.4, 0.5) is 0 Å². The molecule has 0 unspecified atom stereocenters. The minimum absolute atomic E-state index is 0.0677. The second-order valence-electron chi connectivity index (χ2n) is 5.43. The van der Waals surface area contributed by atoms with Gasteiger partial charge in [-0.1, -0.05) is 36.7 Å². The number of aryl methyl sites for hydroxylation is 1. The van der Waals surface area contributed by atoms with Crippen LogP contribution in [0.3, 0.4) is 0 Å². The van der Waals surface area contributed by atoms with E-state index >= 15 is 0 Å². The van der Waals surface area contributed by atoms with E-state index in [1.807, 2.05) is 6.92 Å². The van der Waals surface area contributed by atoms with Crippen molar-refractivity contribution < 1.29 is 9.59 Å². The molecule has 0 aliphatic rings. The van der Waals surface area contributed by atoms with Gasteiger partial charge in [0.2, 0.25) is 0 Å². The molecule has 0 aliphatic heterocycles. The van der Waals surface area contributed by atoms with Crippen molar-refractivity contribution in [1.82, 2.24) is 20.6 Å². The molecule has 0 saturated heterocycles. The molecule has 3 aromatic rings. The van der Waals surface area contributed by atoms with Gasteiger partial charge < -0.3 is 0 Å². The molecule has 2 heterocycles. The first-order valence-electron chi connectivity index (χ1n) is 7.87. The van der Waals surface area contributed by atoms with Crippen molar-refractivity contribution in [3.63, 3.8) is 0 Å². The van der Waals surface area contributed by atoms with Crippen molar-refractivity contribution in [3.05, 3.63) is 61.7 Å². The van der Waals surface area contributed by atoms with Gasteiger partial charge in [-0.15, -0.1) is 11.3 Å². The fourth-order valence-electron chi connectivity index (χ4n) is 2.44. The monoisotopic (exact) mass is 390 g/mol. The number of aromatic nitrogens is 2. The average Bonchev–Trinajstić information content (AvgIpc) is 3.08. The molecule has 26 heavy (non-hydrogen) atoms. The summed E-state index contributed by atoms with van der Waals surface area (Å²) in [4.78, 5) is 37.4. The van der Waals surface area contributed by atoms with Gasteiger partial charge in [-0.05, 0) is 24.6 Å². The number of hydrogen-bond acceptors (Lipinski definition) is 5. The lowest BCUT2D eigenvalue weighted by molar-refractivity contribution is 0.0846. The van der Waals surface area contributed by atoms with Crippen molar-refractivity contribution in [2.45, 2.75) is 19.9 Å². The van der Waals surface area contributed by atoms with Crippen LogP contribution in [-0.4, -0.2) is 21.6 Å². The fourth-order valence-corrected chi connectivity index (χ4v) is 3.38. The number of halogens is 1. The second kappa shape index (κ2) is 7.67. The van der Waals surface area contributed by atoms with E-state index in [1.165, 1.54) is 4.68 Å². The van der Waals surface area contributed by atoms with Crippen molar-refractivity contribution in [2.75, 3.05) is 0 Å². The zero-order valence-electron chi connectivity index (χ0n) is 13.8. The van der Waals surface area contributed by atoms with Crippen LogP contribution in [0, 0.1) is 0 Å². The van der Waals surface area contributed by atoms with Crippen molar-refractivity contribution in [2.24, 2.45) is 0 Å². The van der Waals surface area contributed by atoms with E-state index < -0.39 is 11.8 Å². The number of fused-ring (bicyclic) bond motifs is 1. The van der Waals surface area contributed by atoms with Crippen LogP contribution in [0.25, 0.3) is 10.8 Å². The molecule has 2 N–H and O–H groups in total. The number of carbonyl (C=O) groups excluding carboxylic acids is 2. The largest absolute Gasteiger partial charge is 0.290 e. The summed E-state index contributed by atoms with van der Waals surface area (Å²) in [5, 5.41) is 4.99. The van der Waals surface area contributed by atoms with Gasteiger partial charge >= 0.3 is 0 Å². The number of nitrogens with zero attached hydrogens (tertiary/aromatic N) is 2. The number of hydrazine groups is 1. The summed E-state index contributed by atoms with van der Waals surface area (Å²) >= 11 is 6.90. The summed E-state index contributed by atoms with van der Waals surface area (Å²) in [6.07, 6.45) is 0.697. The fraction of sp³-hybridized carbons (Fsp3) is 0.176. The molecule has 2 amide bonds. The number of benzene rings is 1. The number of carbonyl (C=O) groups is 2. The van der Waals surface area contributed by atoms with E-state index in [0.717, 1.165) is 11.3 Å². The molecule has 0 aliphatic carbocycles. The van der Waals surface area contributed by atoms with E-state index in [9.17, 15) is 14.4 Å². The Hall–Kier alpha value is -2.71. The Labute approximate surface area is 157 Å². The maximum Gasteiger partial charge on any atom is 0.290 e. The summed E-state index contributed by atoms with van der Waals surface area (Å²) in [5.41, 5.74) is 4.48. The summed E-state index contributed by atoms with van der Waals surface area (Å²) in [6, 6.07) is 9.90. The molecule has 0 atom stereocenters. The van der Waals surface area contributed by atoms with E-state index in [1.54, 1.807) is 36.4 Å². The van der Waals surface area contributed by atoms with Crippen LogP contribution in [-0.2, 0) is 6.54 Å². The average molecular weight is 391 g/mol. The number of thiophene rings is 1. The summed E-state index contributed by atoms with van der Waals surface area (Å²) in [6.45, 7) is 2.30. The highest BCUT2D eigenvalue weighted by Crippen LogP contribution is 2.21. The van der Waals surface area contributed by atoms with E-state index in [-0.39, 0.29) is 11.3 Å². The van der Waals surface area contributed by atoms with Gasteiger partial charge in [0.1, 0.15) is 0 Å². The normalized spacial score (nSPS) is 10.7. The highest BCUT2D eigenvalue weighted by Gasteiger charge is 2.17. The standard InChI is InChI=1S/C17H15ClN4O3S/c1-2-9-22-17(25)11-6-4-3-5-10(11)14(21-22)16(24)20-19-15(23)12-7-8-13(18)26-12/h3-8H,2,9H2,1H3,(H,19,23)(H,20,24). The smallest absolute Gasteiger partial charge is 0.267 e. The van der Waals surface area contributed by atoms with Crippen LogP contribution in [0.5, 0.6) is 0 Å². The number of nitrogens with one attached hydrogen (secondary N) is 2. The first-order valence-corrected chi connectivity index (χ1v) is 9.06. The zero-order chi connectivity index (χ0) is 18.7. The molecule has 2 aromatic heterocycles. The first-order chi connectivity index (χ1) is 12.5. The van der Waals surface area contributed by atoms with Gasteiger partial charge in [-0.2, -0.15) is 5.10 Å². The molecule has 0 radical (unpaired) electrons. The van der Waals surface area contributed by atoms with Crippen molar-refractivity contribution in [3.8, 4) is 0 Å². The minimum Gasteiger partial charge on any atom is -0.267 e. The molecular formula is C17H15ClN4O3S. The predicted molar refractivity (Wildman–Crippen MR) is 101 cm³/mol. The SMILES string of the molecule is CCCn1nc(C(=O)NNC(=O)c2ccc(Cl)s2)c2ccccc2c1=O. The van der Waals surface area contributed by atoms with Gasteiger partial charge in [0.05, 0.1) is 14.6 Å². The lowest BCUT2D eigenvalue weighted by Gasteiger charge is -2.11. The first kappa shape index (κ1) is 18.1. The Morgan fingerprint density at radius 3 is 2.46 bits per heavy atom. The Morgan fingerprint density at radius 2 is 1.81 bits per heavy atom. The lowest BCUT2D eigenvalue weighted by atomic mass is 10.1. The van der Waals surface area contributed by atoms with Gasteiger partial charge in [-0.3, -0.25) is 25.2 Å². The van der Waals surface area contributed by atoms with Crippen LogP contribution in [0.1, 0.15) is 33.5 Å². The third-order valence-electron chi connectivity index (χ3n) is 3.60. The minimum atomic E-state index is -0.609. The summed E-state index contributed by atoms with van der Waals surface area (Å²) in [7, 11) is 0. The van der Waals surface area contributed by atoms with Gasteiger partial charge in [0, 0.05) is 11.9 Å². The van der Waals surface area contributed by atoms with E-state index in [0.29, 0.717) is 33.0 Å². The van der Waals surface area contributed by atoms with E-state index in [2.05, 4.69) is 16.0 Å². The summed E-state index contributed by atoms with van der Waals surface area (Å²) < 4.78 is 1.73. The molecule has 7 nitrogen and oxygen atoms in total. The van der Waals surface area contributed by atoms with Crippen LogP contribution < -0.4 is 16.4 Å². The Kier molecular flexibility index (Phi) is 5.34. The van der Waals surface area contributed by atoms with Gasteiger partial charge in [0.15, 0.2) is 5.69 Å². The zero-order valence-corrected chi connectivity index (χ0v) is 15.4. The molecule has 3 rings (SSSR count). The predicted octanol–water partition coefficient (Wildman–Crippen LogP) is 2.60. The number of rotatable bonds is 4. The summed E-state index contributed by atoms with van der Waals surface area (Å²) in [5.74, 6) is -1.09. The highest BCUT2D eigenvalue weighted by atomic mass is 35.5. The third-order valence-corrected chi connectivity index (χ3v) is 4.83. The molecule has 134 valence electrons. The maximum atomic E-state index is 12.5. The number of amides is 2. The Morgan fingerprint density at radius 1 is 1.12 bits per heavy atom. The highest BCUT2D eigenvalue weighted by molar-refractivity contribution is 7.17. The molecular weight excluding hydrogens is 376 g/mol. The quantitative estimate of drug-likeness (QED) is 0.669. The van der Waals surface area contributed by atoms with Crippen molar-refractivity contribution in [1.29, 1.82) is 0 Å². The molecule has 9 heteroatoms. The van der Waals surface area contributed by atoms with Gasteiger partial charge in [0.25, 0.3) is 17.4 Å². The molecule has 0 fully saturated rings. The number of hydrogen-bond donors (Lipinski definition) is 2. The van der Waals surface area contributed by atoms with E-state index in [4.69, 9.17) is 11.6 Å². The molecule has 0 bridgehead atoms. The van der Waals surface area contributed by atoms with Crippen LogP contribution in [0.15, 0.2) is 41.2 Å². The van der Waals surface area contributed by atoms with Gasteiger partial charge in [-0.25, -0.2) is 4.68 Å². The lowest BCUT2D eigenvalue weighted by Crippen LogP contribution is -2.42.